The van der Waals surface area contributed by atoms with Crippen LogP contribution in [0.25, 0.3) is 0 Å². The lowest BCUT2D eigenvalue weighted by molar-refractivity contribution is 0.102. The van der Waals surface area contributed by atoms with Gasteiger partial charge in [-0.3, -0.25) is 4.79 Å². The Hall–Kier alpha value is -1.84. The minimum absolute atomic E-state index is 0.0207. The van der Waals surface area contributed by atoms with Crippen molar-refractivity contribution >= 4 is 34.0 Å². The Bertz CT molecular complexity index is 762. The molecule has 7 nitrogen and oxygen atoms in total. The van der Waals surface area contributed by atoms with Gasteiger partial charge in [0.2, 0.25) is 11.9 Å². The van der Waals surface area contributed by atoms with Crippen molar-refractivity contribution < 1.29 is 19.0 Å². The van der Waals surface area contributed by atoms with E-state index in [4.69, 9.17) is 14.2 Å². The monoisotopic (exact) mass is 379 g/mol. The summed E-state index contributed by atoms with van der Waals surface area (Å²) in [6.07, 6.45) is 2.45. The van der Waals surface area contributed by atoms with E-state index >= 15 is 0 Å². The topological polar surface area (TPSA) is 82.6 Å². The number of benzene rings is 1. The van der Waals surface area contributed by atoms with E-state index in [0.29, 0.717) is 22.8 Å². The fourth-order valence-electron chi connectivity index (χ4n) is 2.63. The van der Waals surface area contributed by atoms with Crippen LogP contribution in [0, 0.1) is 0 Å². The molecule has 2 aromatic rings. The zero-order chi connectivity index (χ0) is 17.1. The number of anilines is 1. The normalized spacial score (nSPS) is 18.5. The van der Waals surface area contributed by atoms with Gasteiger partial charge in [-0.25, -0.2) is 0 Å². The van der Waals surface area contributed by atoms with Crippen molar-refractivity contribution in [3.05, 3.63) is 23.8 Å². The van der Waals surface area contributed by atoms with E-state index in [1.54, 1.807) is 18.2 Å². The summed E-state index contributed by atoms with van der Waals surface area (Å²) in [4.78, 5) is 12.3. The average Bonchev–Trinajstić information content (AvgIpc) is 3.38. The molecular formula is C16H17N3O4S2. The van der Waals surface area contributed by atoms with Crippen molar-refractivity contribution in [3.8, 4) is 11.5 Å². The van der Waals surface area contributed by atoms with Gasteiger partial charge in [0.15, 0.2) is 21.6 Å². The maximum absolute atomic E-state index is 12.3. The van der Waals surface area contributed by atoms with E-state index in [2.05, 4.69) is 15.5 Å². The van der Waals surface area contributed by atoms with Gasteiger partial charge in [0.25, 0.3) is 0 Å². The molecule has 132 valence electrons. The Labute approximate surface area is 153 Å². The number of carbonyl (C=O) groups excluding carboxylic acids is 1. The smallest absolute Gasteiger partial charge is 0.231 e. The first kappa shape index (κ1) is 16.6. The SMILES string of the molecule is O=C(CSc1nnc(NCC2CCCO2)s1)c1ccc2c(c1)OCO2. The lowest BCUT2D eigenvalue weighted by Gasteiger charge is -2.08. The molecule has 0 spiro atoms. The van der Waals surface area contributed by atoms with E-state index < -0.39 is 0 Å². The summed E-state index contributed by atoms with van der Waals surface area (Å²) in [5, 5.41) is 12.2. The fraction of sp³-hybridized carbons (Fsp3) is 0.438. The van der Waals surface area contributed by atoms with Crippen LogP contribution >= 0.6 is 23.1 Å². The van der Waals surface area contributed by atoms with E-state index in [1.165, 1.54) is 23.1 Å². The number of carbonyl (C=O) groups is 1. The van der Waals surface area contributed by atoms with Crippen molar-refractivity contribution in [2.24, 2.45) is 0 Å². The second-order valence-corrected chi connectivity index (χ2v) is 7.87. The molecule has 4 rings (SSSR count). The molecule has 2 aliphatic heterocycles. The molecular weight excluding hydrogens is 362 g/mol. The number of hydrogen-bond donors (Lipinski definition) is 1. The minimum Gasteiger partial charge on any atom is -0.454 e. The molecule has 1 N–H and O–H groups in total. The highest BCUT2D eigenvalue weighted by molar-refractivity contribution is 8.01. The van der Waals surface area contributed by atoms with Crippen LogP contribution in [-0.4, -0.2) is 47.8 Å². The third-order valence-corrected chi connectivity index (χ3v) is 5.95. The van der Waals surface area contributed by atoms with Crippen molar-refractivity contribution in [2.75, 3.05) is 31.0 Å². The number of rotatable bonds is 7. The minimum atomic E-state index is 0.0207. The molecule has 1 unspecified atom stereocenters. The van der Waals surface area contributed by atoms with Crippen LogP contribution in [0.15, 0.2) is 22.5 Å². The average molecular weight is 379 g/mol. The van der Waals surface area contributed by atoms with Gasteiger partial charge < -0.3 is 19.5 Å². The first-order valence-corrected chi connectivity index (χ1v) is 9.83. The Morgan fingerprint density at radius 1 is 1.32 bits per heavy atom. The highest BCUT2D eigenvalue weighted by Gasteiger charge is 2.18. The molecule has 1 fully saturated rings. The maximum atomic E-state index is 12.3. The number of ether oxygens (including phenoxy) is 3. The summed E-state index contributed by atoms with van der Waals surface area (Å²) in [7, 11) is 0. The number of nitrogens with zero attached hydrogens (tertiary/aromatic N) is 2. The van der Waals surface area contributed by atoms with Gasteiger partial charge in [-0.1, -0.05) is 23.1 Å². The summed E-state index contributed by atoms with van der Waals surface area (Å²) >= 11 is 2.84. The van der Waals surface area contributed by atoms with E-state index in [0.717, 1.165) is 35.5 Å². The zero-order valence-electron chi connectivity index (χ0n) is 13.4. The second kappa shape index (κ2) is 7.59. The number of aromatic nitrogens is 2. The molecule has 0 amide bonds. The number of fused-ring (bicyclic) bond motifs is 1. The first-order valence-electron chi connectivity index (χ1n) is 8.02. The van der Waals surface area contributed by atoms with Crippen LogP contribution in [0.5, 0.6) is 11.5 Å². The molecule has 0 saturated carbocycles. The standard InChI is InChI=1S/C16H17N3O4S2/c20-12(10-3-4-13-14(6-10)23-9-22-13)8-24-16-19-18-15(25-16)17-7-11-2-1-5-21-11/h3-4,6,11H,1-2,5,7-9H2,(H,17,18). The Balaban J connectivity index is 1.28. The summed E-state index contributed by atoms with van der Waals surface area (Å²) in [6.45, 7) is 1.79. The quantitative estimate of drug-likeness (QED) is 0.581. The Kier molecular flexibility index (Phi) is 5.04. The van der Waals surface area contributed by atoms with Crippen molar-refractivity contribution in [1.29, 1.82) is 0 Å². The van der Waals surface area contributed by atoms with Crippen LogP contribution in [0.4, 0.5) is 5.13 Å². The van der Waals surface area contributed by atoms with Gasteiger partial charge in [0.05, 0.1) is 11.9 Å². The third kappa shape index (κ3) is 4.05. The number of nitrogens with one attached hydrogen (secondary N) is 1. The number of ketones is 1. The highest BCUT2D eigenvalue weighted by atomic mass is 32.2. The summed E-state index contributed by atoms with van der Waals surface area (Å²) in [5.74, 6) is 1.62. The highest BCUT2D eigenvalue weighted by Crippen LogP contribution is 2.33. The van der Waals surface area contributed by atoms with Crippen molar-refractivity contribution in [1.82, 2.24) is 10.2 Å². The molecule has 1 atom stereocenters. The molecule has 0 aliphatic carbocycles. The largest absolute Gasteiger partial charge is 0.454 e. The molecule has 1 aromatic heterocycles. The number of Topliss-reactive ketones (excluding diaryl/α,β-unsaturated/α-hetero) is 1. The van der Waals surface area contributed by atoms with Crippen molar-refractivity contribution in [3.63, 3.8) is 0 Å². The first-order chi connectivity index (χ1) is 12.3. The van der Waals surface area contributed by atoms with Crippen LogP contribution < -0.4 is 14.8 Å². The second-order valence-electron chi connectivity index (χ2n) is 5.67. The predicted molar refractivity (Wildman–Crippen MR) is 95.0 cm³/mol. The molecule has 1 saturated heterocycles. The molecule has 0 radical (unpaired) electrons. The van der Waals surface area contributed by atoms with Gasteiger partial charge in [0, 0.05) is 18.7 Å². The van der Waals surface area contributed by atoms with Gasteiger partial charge in [-0.2, -0.15) is 0 Å². The van der Waals surface area contributed by atoms with E-state index in [-0.39, 0.29) is 18.7 Å². The van der Waals surface area contributed by atoms with Crippen LogP contribution in [0.1, 0.15) is 23.2 Å². The van der Waals surface area contributed by atoms with E-state index in [9.17, 15) is 4.79 Å². The van der Waals surface area contributed by atoms with Crippen LogP contribution in [0.3, 0.4) is 0 Å². The van der Waals surface area contributed by atoms with Gasteiger partial charge in [-0.15, -0.1) is 10.2 Å². The molecule has 1 aromatic carbocycles. The fourth-order valence-corrected chi connectivity index (χ4v) is 4.28. The molecule has 9 heteroatoms. The summed E-state index contributed by atoms with van der Waals surface area (Å²) in [5.41, 5.74) is 0.609. The van der Waals surface area contributed by atoms with E-state index in [1.807, 2.05) is 0 Å². The van der Waals surface area contributed by atoms with Gasteiger partial charge >= 0.3 is 0 Å². The molecule has 2 aliphatic rings. The Morgan fingerprint density at radius 2 is 2.24 bits per heavy atom. The van der Waals surface area contributed by atoms with Gasteiger partial charge in [-0.05, 0) is 31.0 Å². The summed E-state index contributed by atoms with van der Waals surface area (Å²) in [6, 6.07) is 5.24. The maximum Gasteiger partial charge on any atom is 0.231 e. The lowest BCUT2D eigenvalue weighted by atomic mass is 10.1. The van der Waals surface area contributed by atoms with Gasteiger partial charge in [0.1, 0.15) is 0 Å². The van der Waals surface area contributed by atoms with Crippen molar-refractivity contribution in [2.45, 2.75) is 23.3 Å². The number of thioether (sulfide) groups is 1. The van der Waals surface area contributed by atoms with Crippen LogP contribution in [0.2, 0.25) is 0 Å². The lowest BCUT2D eigenvalue weighted by Crippen LogP contribution is -2.18. The predicted octanol–water partition coefficient (Wildman–Crippen LogP) is 2.83. The number of hydrogen-bond acceptors (Lipinski definition) is 9. The molecule has 3 heterocycles. The Morgan fingerprint density at radius 3 is 3.12 bits per heavy atom. The molecule has 25 heavy (non-hydrogen) atoms. The van der Waals surface area contributed by atoms with Crippen LogP contribution in [-0.2, 0) is 4.74 Å². The third-order valence-electron chi connectivity index (χ3n) is 3.93. The summed E-state index contributed by atoms with van der Waals surface area (Å²) < 4.78 is 16.9. The zero-order valence-corrected chi connectivity index (χ0v) is 15.0. The molecule has 0 bridgehead atoms.